The predicted octanol–water partition coefficient (Wildman–Crippen LogP) is 1.14. The lowest BCUT2D eigenvalue weighted by atomic mass is 10.3. The third kappa shape index (κ3) is 4.91. The number of ether oxygens (including phenoxy) is 2. The van der Waals surface area contributed by atoms with Crippen molar-refractivity contribution in [2.45, 2.75) is 24.4 Å². The molecule has 0 bridgehead atoms. The summed E-state index contributed by atoms with van der Waals surface area (Å²) in [6.07, 6.45) is 0. The van der Waals surface area contributed by atoms with E-state index in [2.05, 4.69) is 15.0 Å². The van der Waals surface area contributed by atoms with Gasteiger partial charge in [-0.1, -0.05) is 0 Å². The lowest BCUT2D eigenvalue weighted by molar-refractivity contribution is -0.122. The molecule has 0 aliphatic carbocycles. The topological polar surface area (TPSA) is 107 Å². The number of rotatable bonds is 8. The monoisotopic (exact) mass is 385 g/mol. The lowest BCUT2D eigenvalue weighted by Gasteiger charge is -2.16. The molecule has 1 amide bonds. The first-order valence-electron chi connectivity index (χ1n) is 7.26. The maximum Gasteiger partial charge on any atom is 0.245 e. The minimum absolute atomic E-state index is 0.103. The highest BCUT2D eigenvalue weighted by Crippen LogP contribution is 2.28. The smallest absolute Gasteiger partial charge is 0.245 e. The summed E-state index contributed by atoms with van der Waals surface area (Å²) in [6, 6.07) is 3.43. The van der Waals surface area contributed by atoms with Crippen LogP contribution in [0.25, 0.3) is 0 Å². The Balaban J connectivity index is 2.10. The van der Waals surface area contributed by atoms with Gasteiger partial charge in [-0.15, -0.1) is 11.3 Å². The summed E-state index contributed by atoms with van der Waals surface area (Å²) in [5.41, 5.74) is 2.37. The minimum atomic E-state index is -3.98. The van der Waals surface area contributed by atoms with Crippen LogP contribution in [-0.4, -0.2) is 39.6 Å². The number of carbonyl (C=O) groups is 1. The first kappa shape index (κ1) is 19.2. The zero-order valence-electron chi connectivity index (χ0n) is 14.0. The summed E-state index contributed by atoms with van der Waals surface area (Å²) in [5.74, 6) is 0.0589. The zero-order valence-corrected chi connectivity index (χ0v) is 15.6. The van der Waals surface area contributed by atoms with Crippen LogP contribution in [0.3, 0.4) is 0 Å². The summed E-state index contributed by atoms with van der Waals surface area (Å²) in [5, 5.41) is 4.43. The molecule has 1 atom stereocenters. The Bertz CT molecular complexity index is 822. The van der Waals surface area contributed by atoms with Crippen LogP contribution < -0.4 is 19.5 Å². The number of thiazole rings is 1. The van der Waals surface area contributed by atoms with Crippen molar-refractivity contribution in [3.05, 3.63) is 34.8 Å². The van der Waals surface area contributed by atoms with Crippen LogP contribution in [0.5, 0.6) is 11.5 Å². The molecular weight excluding hydrogens is 366 g/mol. The number of sulfonamides is 1. The third-order valence-corrected chi connectivity index (χ3v) is 5.51. The molecule has 2 rings (SSSR count). The molecule has 10 heteroatoms. The Kier molecular flexibility index (Phi) is 6.34. The number of hydrogen-bond acceptors (Lipinski definition) is 7. The highest BCUT2D eigenvalue weighted by molar-refractivity contribution is 7.89. The SMILES string of the molecule is COc1ccc(OC)c(S(=O)(=O)NC(C)C(=O)NCc2cscn2)c1. The Hall–Kier alpha value is -2.17. The second-order valence-electron chi connectivity index (χ2n) is 5.06. The van der Waals surface area contributed by atoms with Crippen molar-refractivity contribution in [1.82, 2.24) is 15.0 Å². The van der Waals surface area contributed by atoms with Crippen molar-refractivity contribution in [3.8, 4) is 11.5 Å². The van der Waals surface area contributed by atoms with Gasteiger partial charge in [0.1, 0.15) is 16.4 Å². The molecule has 0 radical (unpaired) electrons. The van der Waals surface area contributed by atoms with Crippen molar-refractivity contribution in [3.63, 3.8) is 0 Å². The second-order valence-corrected chi connectivity index (χ2v) is 7.46. The summed E-state index contributed by atoms with van der Waals surface area (Å²) in [4.78, 5) is 16.0. The molecule has 1 unspecified atom stereocenters. The fraction of sp³-hybridized carbons (Fsp3) is 0.333. The number of amides is 1. The number of hydrogen-bond donors (Lipinski definition) is 2. The molecule has 2 aromatic rings. The van der Waals surface area contributed by atoms with Crippen LogP contribution in [0.4, 0.5) is 0 Å². The van der Waals surface area contributed by atoms with Gasteiger partial charge in [0.25, 0.3) is 0 Å². The van der Waals surface area contributed by atoms with Gasteiger partial charge in [0.05, 0.1) is 38.0 Å². The molecule has 8 nitrogen and oxygen atoms in total. The molecule has 0 spiro atoms. The normalized spacial score (nSPS) is 12.4. The van der Waals surface area contributed by atoms with E-state index < -0.39 is 22.0 Å². The van der Waals surface area contributed by atoms with Crippen molar-refractivity contribution in [2.24, 2.45) is 0 Å². The van der Waals surface area contributed by atoms with Gasteiger partial charge in [-0.2, -0.15) is 4.72 Å². The van der Waals surface area contributed by atoms with E-state index in [0.717, 1.165) is 0 Å². The molecule has 136 valence electrons. The molecule has 0 aliphatic rings. The highest BCUT2D eigenvalue weighted by atomic mass is 32.2. The summed E-state index contributed by atoms with van der Waals surface area (Å²) >= 11 is 1.41. The molecule has 1 aromatic carbocycles. The maximum absolute atomic E-state index is 12.6. The molecule has 1 heterocycles. The quantitative estimate of drug-likeness (QED) is 0.706. The van der Waals surface area contributed by atoms with E-state index in [-0.39, 0.29) is 17.2 Å². The van der Waals surface area contributed by atoms with E-state index in [1.807, 2.05) is 0 Å². The fourth-order valence-corrected chi connectivity index (χ4v) is 3.94. The summed E-state index contributed by atoms with van der Waals surface area (Å²) < 4.78 is 37.7. The van der Waals surface area contributed by atoms with Crippen LogP contribution >= 0.6 is 11.3 Å². The number of aromatic nitrogens is 1. The van der Waals surface area contributed by atoms with Crippen LogP contribution in [0.15, 0.2) is 34.0 Å². The van der Waals surface area contributed by atoms with Gasteiger partial charge in [-0.25, -0.2) is 13.4 Å². The van der Waals surface area contributed by atoms with Gasteiger partial charge in [-0.05, 0) is 19.1 Å². The number of benzene rings is 1. The number of nitrogens with one attached hydrogen (secondary N) is 2. The average Bonchev–Trinajstić information content (AvgIpc) is 3.12. The van der Waals surface area contributed by atoms with E-state index >= 15 is 0 Å². The van der Waals surface area contributed by atoms with Crippen molar-refractivity contribution in [2.75, 3.05) is 14.2 Å². The highest BCUT2D eigenvalue weighted by Gasteiger charge is 2.25. The van der Waals surface area contributed by atoms with E-state index in [1.54, 1.807) is 17.0 Å². The summed E-state index contributed by atoms with van der Waals surface area (Å²) in [7, 11) is -1.18. The Morgan fingerprint density at radius 3 is 2.68 bits per heavy atom. The van der Waals surface area contributed by atoms with E-state index in [9.17, 15) is 13.2 Å². The van der Waals surface area contributed by atoms with Gasteiger partial charge >= 0.3 is 0 Å². The third-order valence-electron chi connectivity index (χ3n) is 3.31. The minimum Gasteiger partial charge on any atom is -0.497 e. The average molecular weight is 385 g/mol. The Morgan fingerprint density at radius 2 is 2.08 bits per heavy atom. The fourth-order valence-electron chi connectivity index (χ4n) is 2.00. The number of carbonyl (C=O) groups excluding carboxylic acids is 1. The molecule has 0 aliphatic heterocycles. The lowest BCUT2D eigenvalue weighted by Crippen LogP contribution is -2.44. The molecule has 0 saturated carbocycles. The first-order chi connectivity index (χ1) is 11.9. The van der Waals surface area contributed by atoms with Crippen LogP contribution in [0, 0.1) is 0 Å². The van der Waals surface area contributed by atoms with Gasteiger partial charge in [0.15, 0.2) is 0 Å². The predicted molar refractivity (Wildman–Crippen MR) is 93.3 cm³/mol. The van der Waals surface area contributed by atoms with E-state index in [0.29, 0.717) is 11.4 Å². The molecule has 25 heavy (non-hydrogen) atoms. The van der Waals surface area contributed by atoms with Gasteiger partial charge in [0, 0.05) is 11.4 Å². The number of nitrogens with zero attached hydrogens (tertiary/aromatic N) is 1. The van der Waals surface area contributed by atoms with Crippen LogP contribution in [-0.2, 0) is 21.4 Å². The molecule has 0 saturated heterocycles. The Morgan fingerprint density at radius 1 is 1.32 bits per heavy atom. The standard InChI is InChI=1S/C15H19N3O5S2/c1-10(15(19)16-7-11-8-24-9-17-11)18-25(20,21)14-6-12(22-2)4-5-13(14)23-3/h4-6,8-10,18H,7H2,1-3H3,(H,16,19). The van der Waals surface area contributed by atoms with Crippen LogP contribution in [0.2, 0.25) is 0 Å². The van der Waals surface area contributed by atoms with Crippen molar-refractivity contribution in [1.29, 1.82) is 0 Å². The van der Waals surface area contributed by atoms with Gasteiger partial charge < -0.3 is 14.8 Å². The van der Waals surface area contributed by atoms with Crippen molar-refractivity contribution < 1.29 is 22.7 Å². The Labute approximate surface area is 150 Å². The largest absolute Gasteiger partial charge is 0.497 e. The zero-order chi connectivity index (χ0) is 18.4. The molecule has 0 fully saturated rings. The van der Waals surface area contributed by atoms with Crippen LogP contribution in [0.1, 0.15) is 12.6 Å². The number of methoxy groups -OCH3 is 2. The second kappa shape index (κ2) is 8.28. The first-order valence-corrected chi connectivity index (χ1v) is 9.69. The van der Waals surface area contributed by atoms with Crippen molar-refractivity contribution >= 4 is 27.3 Å². The maximum atomic E-state index is 12.6. The molecule has 2 N–H and O–H groups in total. The summed E-state index contributed by atoms with van der Waals surface area (Å²) in [6.45, 7) is 1.69. The van der Waals surface area contributed by atoms with Gasteiger partial charge in [0.2, 0.25) is 15.9 Å². The van der Waals surface area contributed by atoms with Gasteiger partial charge in [-0.3, -0.25) is 4.79 Å². The van der Waals surface area contributed by atoms with E-state index in [1.165, 1.54) is 44.6 Å². The van der Waals surface area contributed by atoms with E-state index in [4.69, 9.17) is 9.47 Å². The molecular formula is C15H19N3O5S2. The molecule has 1 aromatic heterocycles.